The van der Waals surface area contributed by atoms with Crippen molar-refractivity contribution >= 4 is 5.91 Å². The van der Waals surface area contributed by atoms with Gasteiger partial charge in [0.05, 0.1) is 12.0 Å². The highest BCUT2D eigenvalue weighted by molar-refractivity contribution is 5.82. The van der Waals surface area contributed by atoms with Gasteiger partial charge in [0.25, 0.3) is 0 Å². The molecule has 2 aliphatic rings. The first-order valence-electron chi connectivity index (χ1n) is 7.95. The summed E-state index contributed by atoms with van der Waals surface area (Å²) in [6.45, 7) is 2.85. The molecule has 3 N–H and O–H groups in total. The van der Waals surface area contributed by atoms with Crippen molar-refractivity contribution < 1.29 is 9.90 Å². The van der Waals surface area contributed by atoms with E-state index in [-0.39, 0.29) is 17.9 Å². The molecule has 4 heteroatoms. The quantitative estimate of drug-likeness (QED) is 0.887. The molecule has 1 unspecified atom stereocenters. The fraction of sp³-hybridized carbons (Fsp3) is 0.588. The van der Waals surface area contributed by atoms with Crippen LogP contribution in [0.2, 0.25) is 0 Å². The van der Waals surface area contributed by atoms with Crippen LogP contribution in [-0.2, 0) is 17.8 Å². The molecule has 0 bridgehead atoms. The summed E-state index contributed by atoms with van der Waals surface area (Å²) in [5.41, 5.74) is 9.24. The van der Waals surface area contributed by atoms with E-state index in [9.17, 15) is 9.90 Å². The molecule has 114 valence electrons. The van der Waals surface area contributed by atoms with Crippen LogP contribution in [0.3, 0.4) is 0 Å². The van der Waals surface area contributed by atoms with Crippen molar-refractivity contribution in [3.05, 3.63) is 34.9 Å². The number of likely N-dealkylation sites (tertiary alicyclic amines) is 1. The SMILES string of the molecule is NC(=O)C1CCCc2cc(CN3CCC(O)CC3)ccc21. The normalized spacial score (nSPS) is 23.8. The van der Waals surface area contributed by atoms with E-state index >= 15 is 0 Å². The molecule has 1 aliphatic heterocycles. The van der Waals surface area contributed by atoms with E-state index in [1.165, 1.54) is 11.1 Å². The van der Waals surface area contributed by atoms with Crippen LogP contribution in [0.4, 0.5) is 0 Å². The Morgan fingerprint density at radius 2 is 2.05 bits per heavy atom. The van der Waals surface area contributed by atoms with Crippen molar-refractivity contribution in [2.45, 2.75) is 50.7 Å². The molecule has 1 amide bonds. The Balaban J connectivity index is 1.72. The third-order valence-electron chi connectivity index (χ3n) is 4.83. The first-order valence-corrected chi connectivity index (χ1v) is 7.95. The van der Waals surface area contributed by atoms with Gasteiger partial charge in [-0.2, -0.15) is 0 Å². The Hall–Kier alpha value is -1.39. The molecule has 21 heavy (non-hydrogen) atoms. The lowest BCUT2D eigenvalue weighted by atomic mass is 9.81. The Morgan fingerprint density at radius 1 is 1.29 bits per heavy atom. The summed E-state index contributed by atoms with van der Waals surface area (Å²) in [6.07, 6.45) is 4.59. The standard InChI is InChI=1S/C17H24N2O2/c18-17(21)16-3-1-2-13-10-12(4-5-15(13)16)11-19-8-6-14(20)7-9-19/h4-5,10,14,16,20H,1-3,6-9,11H2,(H2,18,21). The number of aryl methyl sites for hydroxylation is 1. The number of hydrogen-bond acceptors (Lipinski definition) is 3. The predicted octanol–water partition coefficient (Wildman–Crippen LogP) is 1.55. The number of carbonyl (C=O) groups excluding carboxylic acids is 1. The number of fused-ring (bicyclic) bond motifs is 1. The summed E-state index contributed by atoms with van der Waals surface area (Å²) in [5, 5.41) is 9.56. The van der Waals surface area contributed by atoms with Gasteiger partial charge in [-0.25, -0.2) is 0 Å². The molecule has 1 aromatic rings. The molecule has 1 saturated heterocycles. The zero-order valence-electron chi connectivity index (χ0n) is 12.4. The summed E-state index contributed by atoms with van der Waals surface area (Å²) in [5.74, 6) is -0.304. The Labute approximate surface area is 125 Å². The van der Waals surface area contributed by atoms with Gasteiger partial charge in [-0.1, -0.05) is 18.2 Å². The largest absolute Gasteiger partial charge is 0.393 e. The first-order chi connectivity index (χ1) is 10.1. The third kappa shape index (κ3) is 3.27. The fourth-order valence-electron chi connectivity index (χ4n) is 3.60. The van der Waals surface area contributed by atoms with E-state index in [0.717, 1.165) is 57.3 Å². The molecule has 1 aromatic carbocycles. The van der Waals surface area contributed by atoms with E-state index < -0.39 is 0 Å². The molecule has 0 aromatic heterocycles. The number of amides is 1. The summed E-state index contributed by atoms with van der Waals surface area (Å²) in [7, 11) is 0. The van der Waals surface area contributed by atoms with Crippen molar-refractivity contribution in [1.29, 1.82) is 0 Å². The number of aliphatic hydroxyl groups is 1. The summed E-state index contributed by atoms with van der Waals surface area (Å²) in [6, 6.07) is 6.47. The second-order valence-electron chi connectivity index (χ2n) is 6.39. The Kier molecular flexibility index (Phi) is 4.27. The number of nitrogens with zero attached hydrogens (tertiary/aromatic N) is 1. The number of piperidine rings is 1. The average Bonchev–Trinajstić information content (AvgIpc) is 2.48. The minimum atomic E-state index is -0.200. The van der Waals surface area contributed by atoms with Gasteiger partial charge in [-0.15, -0.1) is 0 Å². The molecular weight excluding hydrogens is 264 g/mol. The van der Waals surface area contributed by atoms with Crippen LogP contribution in [0.15, 0.2) is 18.2 Å². The number of primary amides is 1. The number of benzene rings is 1. The van der Waals surface area contributed by atoms with Crippen LogP contribution < -0.4 is 5.73 Å². The van der Waals surface area contributed by atoms with Crippen LogP contribution in [-0.4, -0.2) is 35.1 Å². The van der Waals surface area contributed by atoms with E-state index in [0.29, 0.717) is 0 Å². The summed E-state index contributed by atoms with van der Waals surface area (Å²) in [4.78, 5) is 13.9. The van der Waals surface area contributed by atoms with E-state index in [2.05, 4.69) is 23.1 Å². The van der Waals surface area contributed by atoms with Crippen LogP contribution in [0.1, 0.15) is 48.3 Å². The molecule has 0 spiro atoms. The minimum absolute atomic E-state index is 0.104. The smallest absolute Gasteiger partial charge is 0.224 e. The highest BCUT2D eigenvalue weighted by atomic mass is 16.3. The maximum Gasteiger partial charge on any atom is 0.224 e. The van der Waals surface area contributed by atoms with Crippen molar-refractivity contribution in [3.63, 3.8) is 0 Å². The molecule has 4 nitrogen and oxygen atoms in total. The fourth-order valence-corrected chi connectivity index (χ4v) is 3.60. The van der Waals surface area contributed by atoms with E-state index in [1.807, 2.05) is 0 Å². The Morgan fingerprint density at radius 3 is 2.76 bits per heavy atom. The molecule has 3 rings (SSSR count). The predicted molar refractivity (Wildman–Crippen MR) is 81.8 cm³/mol. The van der Waals surface area contributed by atoms with Gasteiger partial charge in [0.15, 0.2) is 0 Å². The molecule has 1 heterocycles. The van der Waals surface area contributed by atoms with Gasteiger partial charge in [0.2, 0.25) is 5.91 Å². The zero-order chi connectivity index (χ0) is 14.8. The molecule has 0 saturated carbocycles. The summed E-state index contributed by atoms with van der Waals surface area (Å²) < 4.78 is 0. The highest BCUT2D eigenvalue weighted by Crippen LogP contribution is 2.32. The monoisotopic (exact) mass is 288 g/mol. The van der Waals surface area contributed by atoms with E-state index in [1.54, 1.807) is 0 Å². The minimum Gasteiger partial charge on any atom is -0.393 e. The second kappa shape index (κ2) is 6.16. The topological polar surface area (TPSA) is 66.6 Å². The molecule has 0 radical (unpaired) electrons. The highest BCUT2D eigenvalue weighted by Gasteiger charge is 2.25. The van der Waals surface area contributed by atoms with Gasteiger partial charge >= 0.3 is 0 Å². The molecule has 1 fully saturated rings. The van der Waals surface area contributed by atoms with Crippen LogP contribution in [0.5, 0.6) is 0 Å². The van der Waals surface area contributed by atoms with Gasteiger partial charge in [0, 0.05) is 19.6 Å². The Bertz CT molecular complexity index is 522. The molecule has 1 atom stereocenters. The van der Waals surface area contributed by atoms with E-state index in [4.69, 9.17) is 5.73 Å². The lowest BCUT2D eigenvalue weighted by Crippen LogP contribution is -2.35. The number of hydrogen-bond donors (Lipinski definition) is 2. The zero-order valence-corrected chi connectivity index (χ0v) is 12.4. The van der Waals surface area contributed by atoms with Crippen molar-refractivity contribution in [3.8, 4) is 0 Å². The van der Waals surface area contributed by atoms with Gasteiger partial charge in [-0.3, -0.25) is 9.69 Å². The van der Waals surface area contributed by atoms with Crippen molar-refractivity contribution in [2.75, 3.05) is 13.1 Å². The number of nitrogens with two attached hydrogens (primary N) is 1. The number of aliphatic hydroxyl groups excluding tert-OH is 1. The number of carbonyl (C=O) groups is 1. The maximum atomic E-state index is 11.5. The third-order valence-corrected chi connectivity index (χ3v) is 4.83. The van der Waals surface area contributed by atoms with Crippen molar-refractivity contribution in [1.82, 2.24) is 4.90 Å². The average molecular weight is 288 g/mol. The molecular formula is C17H24N2O2. The maximum absolute atomic E-state index is 11.5. The lowest BCUT2D eigenvalue weighted by Gasteiger charge is -2.30. The van der Waals surface area contributed by atoms with Crippen LogP contribution in [0, 0.1) is 0 Å². The van der Waals surface area contributed by atoms with Gasteiger partial charge < -0.3 is 10.8 Å². The van der Waals surface area contributed by atoms with Crippen LogP contribution in [0.25, 0.3) is 0 Å². The van der Waals surface area contributed by atoms with Gasteiger partial charge in [-0.05, 0) is 48.8 Å². The number of rotatable bonds is 3. The second-order valence-corrected chi connectivity index (χ2v) is 6.39. The molecule has 1 aliphatic carbocycles. The first kappa shape index (κ1) is 14.5. The lowest BCUT2D eigenvalue weighted by molar-refractivity contribution is -0.119. The van der Waals surface area contributed by atoms with Crippen LogP contribution >= 0.6 is 0 Å². The van der Waals surface area contributed by atoms with Gasteiger partial charge in [0.1, 0.15) is 0 Å². The summed E-state index contributed by atoms with van der Waals surface area (Å²) >= 11 is 0. The van der Waals surface area contributed by atoms with Crippen molar-refractivity contribution in [2.24, 2.45) is 5.73 Å².